The van der Waals surface area contributed by atoms with Crippen LogP contribution in [-0.4, -0.2) is 15.0 Å². The fourth-order valence-corrected chi connectivity index (χ4v) is 3.20. The first-order chi connectivity index (χ1) is 12.9. The highest BCUT2D eigenvalue weighted by Gasteiger charge is 2.13. The minimum absolute atomic E-state index is 0.855. The first-order valence-corrected chi connectivity index (χ1v) is 8.56. The Labute approximate surface area is 151 Å². The Balaban J connectivity index is 1.81. The second kappa shape index (κ2) is 6.05. The van der Waals surface area contributed by atoms with Crippen molar-refractivity contribution in [3.8, 4) is 22.5 Å². The Bertz CT molecular complexity index is 1230. The molecule has 0 radical (unpaired) electrons. The Morgan fingerprint density at radius 2 is 1.08 bits per heavy atom. The second-order valence-electron chi connectivity index (χ2n) is 6.19. The van der Waals surface area contributed by atoms with E-state index in [1.807, 2.05) is 66.9 Å². The lowest BCUT2D eigenvalue weighted by Gasteiger charge is -2.11. The number of rotatable bonds is 2. The fraction of sp³-hybridized carbons (Fsp3) is 0. The van der Waals surface area contributed by atoms with Crippen molar-refractivity contribution in [2.45, 2.75) is 0 Å². The average molecular weight is 333 g/mol. The van der Waals surface area contributed by atoms with Gasteiger partial charge in [-0.2, -0.15) is 0 Å². The van der Waals surface area contributed by atoms with Gasteiger partial charge >= 0.3 is 0 Å². The third-order valence-corrected chi connectivity index (χ3v) is 4.48. The van der Waals surface area contributed by atoms with E-state index in [-0.39, 0.29) is 0 Å². The first-order valence-electron chi connectivity index (χ1n) is 8.56. The second-order valence-corrected chi connectivity index (χ2v) is 6.19. The van der Waals surface area contributed by atoms with E-state index in [4.69, 9.17) is 9.97 Å². The number of aromatic nitrogens is 3. The molecule has 3 nitrogen and oxygen atoms in total. The maximum atomic E-state index is 4.93. The third kappa shape index (κ3) is 2.50. The van der Waals surface area contributed by atoms with Crippen molar-refractivity contribution >= 4 is 21.9 Å². The highest BCUT2D eigenvalue weighted by molar-refractivity contribution is 5.89. The standard InChI is InChI=1S/C23H15N3/c1-2-8-16(9-3-1)22-23(26-21-13-7-6-12-20(21)25-22)18-14-17-10-4-5-11-19(17)24-15-18/h1-15H. The van der Waals surface area contributed by atoms with Crippen LogP contribution in [0.3, 0.4) is 0 Å². The Hall–Kier alpha value is -3.59. The van der Waals surface area contributed by atoms with E-state index in [1.165, 1.54) is 0 Å². The van der Waals surface area contributed by atoms with E-state index >= 15 is 0 Å². The summed E-state index contributed by atoms with van der Waals surface area (Å²) >= 11 is 0. The van der Waals surface area contributed by atoms with Crippen molar-refractivity contribution in [2.75, 3.05) is 0 Å². The minimum atomic E-state index is 0.855. The van der Waals surface area contributed by atoms with E-state index in [0.717, 1.165) is 44.5 Å². The summed E-state index contributed by atoms with van der Waals surface area (Å²) in [6.07, 6.45) is 1.88. The molecule has 0 aliphatic carbocycles. The molecule has 0 fully saturated rings. The zero-order chi connectivity index (χ0) is 17.3. The van der Waals surface area contributed by atoms with Crippen LogP contribution in [0.4, 0.5) is 0 Å². The molecule has 3 heteroatoms. The van der Waals surface area contributed by atoms with Crippen LogP contribution in [0.2, 0.25) is 0 Å². The van der Waals surface area contributed by atoms with Crippen LogP contribution in [0.1, 0.15) is 0 Å². The van der Waals surface area contributed by atoms with Gasteiger partial charge in [0, 0.05) is 22.7 Å². The molecule has 0 aliphatic rings. The predicted octanol–water partition coefficient (Wildman–Crippen LogP) is 5.51. The van der Waals surface area contributed by atoms with Crippen molar-refractivity contribution in [3.63, 3.8) is 0 Å². The zero-order valence-electron chi connectivity index (χ0n) is 14.0. The molecule has 0 spiro atoms. The molecular formula is C23H15N3. The average Bonchev–Trinajstić information content (AvgIpc) is 2.73. The lowest BCUT2D eigenvalue weighted by Crippen LogP contribution is -1.96. The van der Waals surface area contributed by atoms with Crippen LogP contribution < -0.4 is 0 Å². The molecule has 0 amide bonds. The van der Waals surface area contributed by atoms with Crippen LogP contribution in [0, 0.1) is 0 Å². The van der Waals surface area contributed by atoms with Crippen LogP contribution >= 0.6 is 0 Å². The van der Waals surface area contributed by atoms with Gasteiger partial charge in [0.25, 0.3) is 0 Å². The SMILES string of the molecule is c1ccc(-c2nc3ccccc3nc2-c2cnc3ccccc3c2)cc1. The van der Waals surface area contributed by atoms with Gasteiger partial charge in [0.1, 0.15) is 0 Å². The molecule has 0 saturated heterocycles. The molecule has 2 heterocycles. The van der Waals surface area contributed by atoms with Crippen molar-refractivity contribution in [1.29, 1.82) is 0 Å². The van der Waals surface area contributed by atoms with Crippen LogP contribution in [0.5, 0.6) is 0 Å². The Morgan fingerprint density at radius 1 is 0.500 bits per heavy atom. The maximum absolute atomic E-state index is 4.93. The normalized spacial score (nSPS) is 11.1. The number of pyridine rings is 1. The van der Waals surface area contributed by atoms with E-state index < -0.39 is 0 Å². The predicted molar refractivity (Wildman–Crippen MR) is 106 cm³/mol. The van der Waals surface area contributed by atoms with Gasteiger partial charge < -0.3 is 0 Å². The maximum Gasteiger partial charge on any atom is 0.0988 e. The molecular weight excluding hydrogens is 318 g/mol. The van der Waals surface area contributed by atoms with Crippen molar-refractivity contribution in [2.24, 2.45) is 0 Å². The summed E-state index contributed by atoms with van der Waals surface area (Å²) in [5.41, 5.74) is 6.51. The number of benzene rings is 3. The lowest BCUT2D eigenvalue weighted by molar-refractivity contribution is 1.28. The molecule has 26 heavy (non-hydrogen) atoms. The zero-order valence-corrected chi connectivity index (χ0v) is 14.0. The highest BCUT2D eigenvalue weighted by Crippen LogP contribution is 2.31. The smallest absolute Gasteiger partial charge is 0.0988 e. The third-order valence-electron chi connectivity index (χ3n) is 4.48. The largest absolute Gasteiger partial charge is 0.256 e. The van der Waals surface area contributed by atoms with Crippen LogP contribution in [0.15, 0.2) is 91.1 Å². The quantitative estimate of drug-likeness (QED) is 0.427. The summed E-state index contributed by atoms with van der Waals surface area (Å²) in [5, 5.41) is 1.10. The molecule has 0 saturated carbocycles. The molecule has 5 aromatic rings. The molecule has 0 N–H and O–H groups in total. The molecule has 0 bridgehead atoms. The van der Waals surface area contributed by atoms with Gasteiger partial charge in [-0.05, 0) is 24.3 Å². The number of nitrogens with zero attached hydrogens (tertiary/aromatic N) is 3. The molecule has 0 aliphatic heterocycles. The van der Waals surface area contributed by atoms with E-state index in [0.29, 0.717) is 0 Å². The highest BCUT2D eigenvalue weighted by atomic mass is 14.8. The summed E-state index contributed by atoms with van der Waals surface area (Å²) in [4.78, 5) is 14.4. The van der Waals surface area contributed by atoms with E-state index in [9.17, 15) is 0 Å². The molecule has 3 aromatic carbocycles. The van der Waals surface area contributed by atoms with Crippen molar-refractivity contribution in [3.05, 3.63) is 91.1 Å². The van der Waals surface area contributed by atoms with Gasteiger partial charge in [0.2, 0.25) is 0 Å². The van der Waals surface area contributed by atoms with Gasteiger partial charge in [-0.15, -0.1) is 0 Å². The van der Waals surface area contributed by atoms with Gasteiger partial charge in [0.05, 0.1) is 27.9 Å². The monoisotopic (exact) mass is 333 g/mol. The van der Waals surface area contributed by atoms with Crippen molar-refractivity contribution in [1.82, 2.24) is 15.0 Å². The number of para-hydroxylation sites is 3. The molecule has 0 unspecified atom stereocenters. The molecule has 122 valence electrons. The summed E-state index contributed by atoms with van der Waals surface area (Å²) in [6, 6.07) is 28.4. The lowest BCUT2D eigenvalue weighted by atomic mass is 10.0. The number of hydrogen-bond donors (Lipinski definition) is 0. The van der Waals surface area contributed by atoms with Crippen molar-refractivity contribution < 1.29 is 0 Å². The van der Waals surface area contributed by atoms with Gasteiger partial charge in [-0.3, -0.25) is 4.98 Å². The topological polar surface area (TPSA) is 38.7 Å². The number of hydrogen-bond acceptors (Lipinski definition) is 3. The van der Waals surface area contributed by atoms with E-state index in [1.54, 1.807) is 0 Å². The van der Waals surface area contributed by atoms with Crippen LogP contribution in [0.25, 0.3) is 44.5 Å². The fourth-order valence-electron chi connectivity index (χ4n) is 3.20. The number of fused-ring (bicyclic) bond motifs is 2. The van der Waals surface area contributed by atoms with Crippen LogP contribution in [-0.2, 0) is 0 Å². The summed E-state index contributed by atoms with van der Waals surface area (Å²) in [6.45, 7) is 0. The summed E-state index contributed by atoms with van der Waals surface area (Å²) in [5.74, 6) is 0. The summed E-state index contributed by atoms with van der Waals surface area (Å²) < 4.78 is 0. The van der Waals surface area contributed by atoms with Gasteiger partial charge in [-0.1, -0.05) is 60.7 Å². The van der Waals surface area contributed by atoms with E-state index in [2.05, 4.69) is 29.2 Å². The summed E-state index contributed by atoms with van der Waals surface area (Å²) in [7, 11) is 0. The molecule has 2 aromatic heterocycles. The van der Waals surface area contributed by atoms with Gasteiger partial charge in [0.15, 0.2) is 0 Å². The molecule has 5 rings (SSSR count). The molecule has 0 atom stereocenters. The first kappa shape index (κ1) is 14.7. The minimum Gasteiger partial charge on any atom is -0.256 e. The Kier molecular flexibility index (Phi) is 3.42. The Morgan fingerprint density at radius 3 is 1.81 bits per heavy atom. The van der Waals surface area contributed by atoms with Gasteiger partial charge in [-0.25, -0.2) is 9.97 Å².